The summed E-state index contributed by atoms with van der Waals surface area (Å²) in [4.78, 5) is 8.45. The molecule has 0 aliphatic carbocycles. The first-order chi connectivity index (χ1) is 9.25. The van der Waals surface area contributed by atoms with Gasteiger partial charge in [0, 0.05) is 46.1 Å². The molecule has 0 aliphatic rings. The molecule has 2 heterocycles. The van der Waals surface area contributed by atoms with Gasteiger partial charge in [0.2, 0.25) is 0 Å². The summed E-state index contributed by atoms with van der Waals surface area (Å²) in [5, 5.41) is 8.59. The highest BCUT2D eigenvalue weighted by Gasteiger charge is 2.10. The van der Waals surface area contributed by atoms with Crippen molar-refractivity contribution in [3.05, 3.63) is 47.2 Å². The molecule has 0 radical (unpaired) electrons. The molecule has 3 N–H and O–H groups in total. The Hall–Kier alpha value is -2.14. The molecule has 0 fully saturated rings. The van der Waals surface area contributed by atoms with Crippen LogP contribution in [0.1, 0.15) is 18.0 Å². The highest BCUT2D eigenvalue weighted by Crippen LogP contribution is 2.30. The molecule has 1 aromatic carbocycles. The smallest absolute Gasteiger partial charge is 0.115 e. The van der Waals surface area contributed by atoms with Gasteiger partial charge in [-0.1, -0.05) is 0 Å². The normalized spacial score (nSPS) is 12.5. The number of rotatable bonds is 3. The van der Waals surface area contributed by atoms with Gasteiger partial charge in [-0.25, -0.2) is 4.98 Å². The van der Waals surface area contributed by atoms with E-state index in [2.05, 4.69) is 22.2 Å². The van der Waals surface area contributed by atoms with Crippen LogP contribution in [0.5, 0.6) is 0 Å². The van der Waals surface area contributed by atoms with E-state index in [0.29, 0.717) is 0 Å². The molecule has 5 heteroatoms. The van der Waals surface area contributed by atoms with Crippen LogP contribution in [-0.4, -0.2) is 9.97 Å². The molecule has 0 aliphatic heterocycles. The topological polar surface area (TPSA) is 63.8 Å². The monoisotopic (exact) mass is 270 g/mol. The Balaban J connectivity index is 2.00. The second kappa shape index (κ2) is 4.85. The Bertz CT molecular complexity index is 694. The van der Waals surface area contributed by atoms with Gasteiger partial charge in [-0.3, -0.25) is 4.98 Å². The standard InChI is InChI=1S/C14H14N4S/c1-9(14-17-6-7-19-14)18-13-3-2-12(15)11-8-16-5-4-10(11)13/h2-9,18H,15H2,1H3. The van der Waals surface area contributed by atoms with Gasteiger partial charge in [-0.2, -0.15) is 0 Å². The summed E-state index contributed by atoms with van der Waals surface area (Å²) < 4.78 is 0. The van der Waals surface area contributed by atoms with Crippen LogP contribution in [0.3, 0.4) is 0 Å². The Morgan fingerprint density at radius 1 is 1.21 bits per heavy atom. The number of hydrogen-bond donors (Lipinski definition) is 2. The number of benzene rings is 1. The van der Waals surface area contributed by atoms with Crippen LogP contribution < -0.4 is 11.1 Å². The zero-order chi connectivity index (χ0) is 13.2. The van der Waals surface area contributed by atoms with E-state index in [4.69, 9.17) is 5.73 Å². The minimum atomic E-state index is 0.167. The van der Waals surface area contributed by atoms with Gasteiger partial charge in [0.1, 0.15) is 5.01 Å². The first-order valence-corrected chi connectivity index (χ1v) is 6.92. The third kappa shape index (κ3) is 2.24. The zero-order valence-corrected chi connectivity index (χ0v) is 11.3. The first kappa shape index (κ1) is 11.9. The number of fused-ring (bicyclic) bond motifs is 1. The number of nitrogens with one attached hydrogen (secondary N) is 1. The molecule has 4 nitrogen and oxygen atoms in total. The number of anilines is 2. The molecule has 2 aromatic heterocycles. The number of aromatic nitrogens is 2. The summed E-state index contributed by atoms with van der Waals surface area (Å²) in [5.74, 6) is 0. The van der Waals surface area contributed by atoms with Crippen LogP contribution in [0, 0.1) is 0 Å². The summed E-state index contributed by atoms with van der Waals surface area (Å²) in [6.45, 7) is 2.10. The molecule has 0 amide bonds. The van der Waals surface area contributed by atoms with Gasteiger partial charge in [0.25, 0.3) is 0 Å². The van der Waals surface area contributed by atoms with Crippen molar-refractivity contribution in [2.75, 3.05) is 11.1 Å². The highest BCUT2D eigenvalue weighted by atomic mass is 32.1. The minimum Gasteiger partial charge on any atom is -0.398 e. The van der Waals surface area contributed by atoms with Crippen LogP contribution in [0.4, 0.5) is 11.4 Å². The summed E-state index contributed by atoms with van der Waals surface area (Å²) in [6, 6.07) is 6.05. The summed E-state index contributed by atoms with van der Waals surface area (Å²) in [5.41, 5.74) is 7.77. The molecule has 0 bridgehead atoms. The number of hydrogen-bond acceptors (Lipinski definition) is 5. The van der Waals surface area contributed by atoms with Crippen LogP contribution in [0.2, 0.25) is 0 Å². The van der Waals surface area contributed by atoms with Gasteiger partial charge in [0.05, 0.1) is 6.04 Å². The third-order valence-electron chi connectivity index (χ3n) is 3.05. The van der Waals surface area contributed by atoms with E-state index in [-0.39, 0.29) is 6.04 Å². The van der Waals surface area contributed by atoms with Crippen molar-refractivity contribution >= 4 is 33.5 Å². The fraction of sp³-hybridized carbons (Fsp3) is 0.143. The molecule has 0 saturated heterocycles. The lowest BCUT2D eigenvalue weighted by Crippen LogP contribution is -2.06. The van der Waals surface area contributed by atoms with Crippen LogP contribution in [0.25, 0.3) is 10.8 Å². The van der Waals surface area contributed by atoms with Gasteiger partial charge in [-0.15, -0.1) is 11.3 Å². The van der Waals surface area contributed by atoms with E-state index in [0.717, 1.165) is 27.2 Å². The lowest BCUT2D eigenvalue weighted by molar-refractivity contribution is 0.871. The number of nitrogen functional groups attached to an aromatic ring is 1. The van der Waals surface area contributed by atoms with Crippen molar-refractivity contribution in [1.82, 2.24) is 9.97 Å². The molecule has 0 spiro atoms. The zero-order valence-electron chi connectivity index (χ0n) is 10.5. The molecular formula is C14H14N4S. The number of thiazole rings is 1. The van der Waals surface area contributed by atoms with Gasteiger partial charge in [-0.05, 0) is 25.1 Å². The fourth-order valence-corrected chi connectivity index (χ4v) is 2.73. The molecule has 3 aromatic rings. The van der Waals surface area contributed by atoms with Crippen molar-refractivity contribution in [1.29, 1.82) is 0 Å². The first-order valence-electron chi connectivity index (χ1n) is 6.04. The Labute approximate surface area is 115 Å². The lowest BCUT2D eigenvalue weighted by atomic mass is 10.1. The SMILES string of the molecule is CC(Nc1ccc(N)c2cnccc12)c1nccs1. The summed E-state index contributed by atoms with van der Waals surface area (Å²) in [6.07, 6.45) is 5.40. The van der Waals surface area contributed by atoms with E-state index in [9.17, 15) is 0 Å². The maximum atomic E-state index is 5.97. The van der Waals surface area contributed by atoms with Crippen molar-refractivity contribution in [2.45, 2.75) is 13.0 Å². The van der Waals surface area contributed by atoms with Crippen molar-refractivity contribution in [3.8, 4) is 0 Å². The Kier molecular flexibility index (Phi) is 3.05. The highest BCUT2D eigenvalue weighted by molar-refractivity contribution is 7.09. The van der Waals surface area contributed by atoms with Crippen LogP contribution in [-0.2, 0) is 0 Å². The molecular weight excluding hydrogens is 256 g/mol. The second-order valence-electron chi connectivity index (χ2n) is 4.36. The Morgan fingerprint density at radius 3 is 2.89 bits per heavy atom. The fourth-order valence-electron chi connectivity index (χ4n) is 2.08. The van der Waals surface area contributed by atoms with Crippen LogP contribution >= 0.6 is 11.3 Å². The molecule has 19 heavy (non-hydrogen) atoms. The average molecular weight is 270 g/mol. The number of nitrogens with two attached hydrogens (primary N) is 1. The quantitative estimate of drug-likeness (QED) is 0.715. The minimum absolute atomic E-state index is 0.167. The molecule has 0 saturated carbocycles. The Morgan fingerprint density at radius 2 is 2.11 bits per heavy atom. The van der Waals surface area contributed by atoms with Crippen LogP contribution in [0.15, 0.2) is 42.2 Å². The van der Waals surface area contributed by atoms with E-state index >= 15 is 0 Å². The van der Waals surface area contributed by atoms with Gasteiger partial charge >= 0.3 is 0 Å². The molecule has 1 unspecified atom stereocenters. The largest absolute Gasteiger partial charge is 0.398 e. The van der Waals surface area contributed by atoms with E-state index in [1.165, 1.54) is 0 Å². The molecule has 3 rings (SSSR count). The maximum Gasteiger partial charge on any atom is 0.115 e. The summed E-state index contributed by atoms with van der Waals surface area (Å²) >= 11 is 1.65. The van der Waals surface area contributed by atoms with E-state index in [1.807, 2.05) is 29.8 Å². The van der Waals surface area contributed by atoms with E-state index in [1.54, 1.807) is 23.7 Å². The average Bonchev–Trinajstić information content (AvgIpc) is 2.96. The predicted molar refractivity (Wildman–Crippen MR) is 80.3 cm³/mol. The third-order valence-corrected chi connectivity index (χ3v) is 4.00. The van der Waals surface area contributed by atoms with Gasteiger partial charge in [0.15, 0.2) is 0 Å². The van der Waals surface area contributed by atoms with Gasteiger partial charge < -0.3 is 11.1 Å². The van der Waals surface area contributed by atoms with Crippen molar-refractivity contribution in [3.63, 3.8) is 0 Å². The summed E-state index contributed by atoms with van der Waals surface area (Å²) in [7, 11) is 0. The van der Waals surface area contributed by atoms with Crippen molar-refractivity contribution < 1.29 is 0 Å². The second-order valence-corrected chi connectivity index (χ2v) is 5.29. The number of pyridine rings is 1. The number of nitrogens with zero attached hydrogens (tertiary/aromatic N) is 2. The predicted octanol–water partition coefficient (Wildman–Crippen LogP) is 3.45. The van der Waals surface area contributed by atoms with Crippen molar-refractivity contribution in [2.24, 2.45) is 0 Å². The lowest BCUT2D eigenvalue weighted by Gasteiger charge is -2.15. The maximum absolute atomic E-state index is 5.97. The van der Waals surface area contributed by atoms with E-state index < -0.39 is 0 Å². The molecule has 1 atom stereocenters. The molecule has 96 valence electrons.